The first-order valence-electron chi connectivity index (χ1n) is 8.07. The molecule has 2 aromatic rings. The van der Waals surface area contributed by atoms with E-state index in [-0.39, 0.29) is 12.2 Å². The van der Waals surface area contributed by atoms with Crippen LogP contribution in [0.3, 0.4) is 0 Å². The van der Waals surface area contributed by atoms with Gasteiger partial charge in [0.2, 0.25) is 0 Å². The van der Waals surface area contributed by atoms with Crippen molar-refractivity contribution in [2.45, 2.75) is 31.0 Å². The van der Waals surface area contributed by atoms with Crippen LogP contribution in [0.1, 0.15) is 23.0 Å². The lowest BCUT2D eigenvalue weighted by Crippen LogP contribution is -2.48. The summed E-state index contributed by atoms with van der Waals surface area (Å²) < 4.78 is 6.46. The number of nitrogens with zero attached hydrogens (tertiary/aromatic N) is 2. The zero-order valence-corrected chi connectivity index (χ0v) is 13.7. The molecule has 1 amide bonds. The van der Waals surface area contributed by atoms with Gasteiger partial charge in [-0.25, -0.2) is 4.79 Å². The highest BCUT2D eigenvalue weighted by Gasteiger charge is 2.37. The molecule has 0 bridgehead atoms. The molecule has 138 valence electrons. The first-order valence-corrected chi connectivity index (χ1v) is 8.07. The number of carbonyl (C=O) groups excluding carboxylic acids is 1. The second kappa shape index (κ2) is 7.75. The van der Waals surface area contributed by atoms with Crippen LogP contribution in [0.4, 0.5) is 5.82 Å². The van der Waals surface area contributed by atoms with Crippen LogP contribution in [0.25, 0.3) is 0 Å². The molecule has 4 atom stereocenters. The number of aliphatic hydroxyl groups is 3. The fourth-order valence-corrected chi connectivity index (χ4v) is 2.75. The van der Waals surface area contributed by atoms with Gasteiger partial charge in [-0.05, 0) is 18.2 Å². The fourth-order valence-electron chi connectivity index (χ4n) is 2.75. The minimum atomic E-state index is -1.14. The highest BCUT2D eigenvalue weighted by Crippen LogP contribution is 2.26. The minimum Gasteiger partial charge on any atom is -0.394 e. The minimum absolute atomic E-state index is 0.0468. The lowest BCUT2D eigenvalue weighted by atomic mass is 10.0. The predicted octanol–water partition coefficient (Wildman–Crippen LogP) is -0.503. The third-order valence-electron chi connectivity index (χ3n) is 4.12. The topological polar surface area (TPSA) is 134 Å². The molecule has 1 saturated heterocycles. The van der Waals surface area contributed by atoms with Gasteiger partial charge in [0, 0.05) is 18.2 Å². The Bertz CT molecular complexity index is 825. The quantitative estimate of drug-likeness (QED) is 0.577. The van der Waals surface area contributed by atoms with Crippen LogP contribution in [-0.2, 0) is 4.74 Å². The van der Waals surface area contributed by atoms with Crippen LogP contribution in [0.5, 0.6) is 0 Å². The van der Waals surface area contributed by atoms with Gasteiger partial charge >= 0.3 is 5.69 Å². The molecule has 9 heteroatoms. The smallest absolute Gasteiger partial charge is 0.351 e. The van der Waals surface area contributed by atoms with Crippen LogP contribution in [0, 0.1) is 0 Å². The molecule has 0 radical (unpaired) electrons. The normalized spacial score (nSPS) is 25.7. The zero-order chi connectivity index (χ0) is 18.7. The van der Waals surface area contributed by atoms with Crippen molar-refractivity contribution in [3.63, 3.8) is 0 Å². The standard InChI is InChI=1S/C17H19N3O6/c21-9-13-11(22)8-12(23)16(26-13)20-7-6-14(19-17(20)25)18-15(24)10-4-2-1-3-5-10/h1-7,11-13,16,21-23H,8-9H2,(H,18,19,24,25)/t11-,12-,13-,16-/m1/s1. The Hall–Kier alpha value is -2.59. The number of aliphatic hydroxyl groups excluding tert-OH is 3. The van der Waals surface area contributed by atoms with E-state index < -0.39 is 42.7 Å². The molecule has 2 heterocycles. The molecule has 3 rings (SSSR count). The number of ether oxygens (including phenoxy) is 1. The lowest BCUT2D eigenvalue weighted by molar-refractivity contribution is -0.207. The van der Waals surface area contributed by atoms with Gasteiger partial charge in [-0.1, -0.05) is 18.2 Å². The average Bonchev–Trinajstić information content (AvgIpc) is 2.63. The molecule has 0 saturated carbocycles. The SMILES string of the molecule is O=C(Nc1ccn([C@@H]2O[C@H](CO)[C@H](O)C[C@H]2O)c(=O)n1)c1ccccc1. The number of hydrogen-bond donors (Lipinski definition) is 4. The maximum Gasteiger partial charge on any atom is 0.351 e. The van der Waals surface area contributed by atoms with Crippen molar-refractivity contribution < 1.29 is 24.9 Å². The Balaban J connectivity index is 1.77. The van der Waals surface area contributed by atoms with Crippen molar-refractivity contribution in [3.8, 4) is 0 Å². The van der Waals surface area contributed by atoms with Crippen LogP contribution in [-0.4, -0.2) is 55.7 Å². The Kier molecular flexibility index (Phi) is 5.43. The second-order valence-corrected chi connectivity index (χ2v) is 5.94. The van der Waals surface area contributed by atoms with E-state index in [4.69, 9.17) is 4.74 Å². The second-order valence-electron chi connectivity index (χ2n) is 5.94. The summed E-state index contributed by atoms with van der Waals surface area (Å²) in [7, 11) is 0. The number of carbonyl (C=O) groups is 1. The summed E-state index contributed by atoms with van der Waals surface area (Å²) in [6.45, 7) is -0.447. The van der Waals surface area contributed by atoms with Gasteiger partial charge in [-0.3, -0.25) is 9.36 Å². The number of rotatable bonds is 4. The number of hydrogen-bond acceptors (Lipinski definition) is 7. The van der Waals surface area contributed by atoms with Gasteiger partial charge < -0.3 is 25.4 Å². The molecule has 0 aliphatic carbocycles. The Morgan fingerprint density at radius 3 is 2.62 bits per heavy atom. The first-order chi connectivity index (χ1) is 12.5. The molecule has 26 heavy (non-hydrogen) atoms. The Morgan fingerprint density at radius 2 is 1.96 bits per heavy atom. The van der Waals surface area contributed by atoms with E-state index in [1.807, 2.05) is 0 Å². The van der Waals surface area contributed by atoms with Gasteiger partial charge in [0.15, 0.2) is 6.23 Å². The van der Waals surface area contributed by atoms with E-state index in [0.29, 0.717) is 5.56 Å². The van der Waals surface area contributed by atoms with E-state index in [0.717, 1.165) is 4.57 Å². The van der Waals surface area contributed by atoms with Crippen molar-refractivity contribution in [3.05, 3.63) is 58.6 Å². The molecule has 1 aliphatic rings. The zero-order valence-electron chi connectivity index (χ0n) is 13.7. The number of anilines is 1. The molecule has 1 fully saturated rings. The van der Waals surface area contributed by atoms with Crippen LogP contribution >= 0.6 is 0 Å². The summed E-state index contributed by atoms with van der Waals surface area (Å²) in [6, 6.07) is 9.87. The average molecular weight is 361 g/mol. The Labute approximate surface area is 148 Å². The van der Waals surface area contributed by atoms with Crippen molar-refractivity contribution in [1.29, 1.82) is 0 Å². The fraction of sp³-hybridized carbons (Fsp3) is 0.353. The summed E-state index contributed by atoms with van der Waals surface area (Å²) in [4.78, 5) is 28.1. The Morgan fingerprint density at radius 1 is 1.23 bits per heavy atom. The maximum atomic E-state index is 12.3. The van der Waals surface area contributed by atoms with Gasteiger partial charge in [-0.2, -0.15) is 4.98 Å². The van der Waals surface area contributed by atoms with Gasteiger partial charge in [0.1, 0.15) is 18.0 Å². The molecule has 0 unspecified atom stereocenters. The van der Waals surface area contributed by atoms with Gasteiger partial charge in [0.25, 0.3) is 5.91 Å². The molecule has 1 aliphatic heterocycles. The first kappa shape index (κ1) is 18.2. The number of nitrogens with one attached hydrogen (secondary N) is 1. The summed E-state index contributed by atoms with van der Waals surface area (Å²) in [5.74, 6) is -0.350. The molecular weight excluding hydrogens is 342 g/mol. The van der Waals surface area contributed by atoms with Gasteiger partial charge in [0.05, 0.1) is 12.7 Å². The maximum absolute atomic E-state index is 12.3. The summed E-state index contributed by atoms with van der Waals surface area (Å²) in [6.07, 6.45) is -2.89. The van der Waals surface area contributed by atoms with Crippen LogP contribution in [0.2, 0.25) is 0 Å². The number of benzene rings is 1. The van der Waals surface area contributed by atoms with Crippen molar-refractivity contribution in [1.82, 2.24) is 9.55 Å². The van der Waals surface area contributed by atoms with E-state index >= 15 is 0 Å². The van der Waals surface area contributed by atoms with Crippen LogP contribution < -0.4 is 11.0 Å². The molecule has 4 N–H and O–H groups in total. The largest absolute Gasteiger partial charge is 0.394 e. The predicted molar refractivity (Wildman–Crippen MR) is 90.5 cm³/mol. The molecular formula is C17H19N3O6. The highest BCUT2D eigenvalue weighted by atomic mass is 16.5. The summed E-state index contributed by atoms with van der Waals surface area (Å²) in [5.41, 5.74) is -0.322. The number of amides is 1. The third-order valence-corrected chi connectivity index (χ3v) is 4.12. The van der Waals surface area contributed by atoms with Crippen molar-refractivity contribution in [2.24, 2.45) is 0 Å². The summed E-state index contributed by atoms with van der Waals surface area (Å²) in [5, 5.41) is 31.5. The molecule has 1 aromatic heterocycles. The number of aromatic nitrogens is 2. The summed E-state index contributed by atoms with van der Waals surface area (Å²) >= 11 is 0. The van der Waals surface area contributed by atoms with Crippen molar-refractivity contribution in [2.75, 3.05) is 11.9 Å². The van der Waals surface area contributed by atoms with E-state index in [1.54, 1.807) is 30.3 Å². The molecule has 0 spiro atoms. The molecule has 9 nitrogen and oxygen atoms in total. The monoisotopic (exact) mass is 361 g/mol. The van der Waals surface area contributed by atoms with Gasteiger partial charge in [-0.15, -0.1) is 0 Å². The highest BCUT2D eigenvalue weighted by molar-refractivity contribution is 6.03. The van der Waals surface area contributed by atoms with E-state index in [1.165, 1.54) is 12.3 Å². The third kappa shape index (κ3) is 3.81. The van der Waals surface area contributed by atoms with Crippen molar-refractivity contribution >= 4 is 11.7 Å². The molecule has 1 aromatic carbocycles. The van der Waals surface area contributed by atoms with E-state index in [9.17, 15) is 24.9 Å². The van der Waals surface area contributed by atoms with Crippen LogP contribution in [0.15, 0.2) is 47.4 Å². The lowest BCUT2D eigenvalue weighted by Gasteiger charge is -2.36. The van der Waals surface area contributed by atoms with E-state index in [2.05, 4.69) is 10.3 Å².